The Kier molecular flexibility index (Phi) is 4.91. The van der Waals surface area contributed by atoms with Crippen LogP contribution in [0.5, 0.6) is 0 Å². The molecule has 0 unspecified atom stereocenters. The minimum atomic E-state index is 0.875. The van der Waals surface area contributed by atoms with E-state index in [0.717, 1.165) is 13.1 Å². The van der Waals surface area contributed by atoms with E-state index in [2.05, 4.69) is 32.4 Å². The minimum absolute atomic E-state index is 0.875. The summed E-state index contributed by atoms with van der Waals surface area (Å²) in [5, 5.41) is 6.55. The Labute approximate surface area is 108 Å². The van der Waals surface area contributed by atoms with Gasteiger partial charge in [0.25, 0.3) is 0 Å². The Morgan fingerprint density at radius 1 is 1.29 bits per heavy atom. The van der Waals surface area contributed by atoms with Crippen LogP contribution in [0, 0.1) is 0 Å². The largest absolute Gasteiger partial charge is 0.314 e. The van der Waals surface area contributed by atoms with Gasteiger partial charge >= 0.3 is 0 Å². The van der Waals surface area contributed by atoms with Gasteiger partial charge in [-0.3, -0.25) is 4.90 Å². The number of thiazole rings is 1. The summed E-state index contributed by atoms with van der Waals surface area (Å²) in [5.74, 6) is 0. The van der Waals surface area contributed by atoms with Crippen molar-refractivity contribution in [1.29, 1.82) is 0 Å². The van der Waals surface area contributed by atoms with E-state index in [4.69, 9.17) is 0 Å². The van der Waals surface area contributed by atoms with Gasteiger partial charge in [-0.1, -0.05) is 6.92 Å². The average molecular weight is 254 g/mol. The number of piperazine rings is 1. The van der Waals surface area contributed by atoms with Gasteiger partial charge < -0.3 is 10.2 Å². The maximum atomic E-state index is 4.63. The fraction of sp³-hybridized carbons (Fsp3) is 0.750. The van der Waals surface area contributed by atoms with Gasteiger partial charge in [0, 0.05) is 38.1 Å². The summed E-state index contributed by atoms with van der Waals surface area (Å²) in [4.78, 5) is 9.65. The zero-order valence-electron chi connectivity index (χ0n) is 10.8. The third kappa shape index (κ3) is 3.74. The van der Waals surface area contributed by atoms with Gasteiger partial charge in [-0.2, -0.15) is 0 Å². The van der Waals surface area contributed by atoms with E-state index < -0.39 is 0 Å². The molecule has 1 saturated heterocycles. The second-order valence-electron chi connectivity index (χ2n) is 4.47. The highest BCUT2D eigenvalue weighted by Gasteiger charge is 2.16. The Bertz CT molecular complexity index is 331. The molecule has 4 nitrogen and oxygen atoms in total. The molecule has 96 valence electrons. The molecule has 0 radical (unpaired) electrons. The van der Waals surface area contributed by atoms with E-state index in [1.807, 2.05) is 7.05 Å². The highest BCUT2D eigenvalue weighted by molar-refractivity contribution is 7.09. The molecule has 0 spiro atoms. The van der Waals surface area contributed by atoms with Gasteiger partial charge in [0.05, 0.1) is 12.2 Å². The first-order valence-electron chi connectivity index (χ1n) is 6.34. The third-order valence-electron chi connectivity index (χ3n) is 3.23. The van der Waals surface area contributed by atoms with Crippen LogP contribution in [-0.4, -0.2) is 54.6 Å². The predicted molar refractivity (Wildman–Crippen MR) is 72.3 cm³/mol. The highest BCUT2D eigenvalue weighted by Crippen LogP contribution is 2.13. The SMILES string of the molecule is CCN1CCN(Cc2nc(CNC)cs2)CC1. The molecule has 0 bridgehead atoms. The third-order valence-corrected chi connectivity index (χ3v) is 4.11. The van der Waals surface area contributed by atoms with Gasteiger partial charge in [-0.15, -0.1) is 11.3 Å². The average Bonchev–Trinajstić information content (AvgIpc) is 2.78. The lowest BCUT2D eigenvalue weighted by molar-refractivity contribution is 0.132. The molecular weight excluding hydrogens is 232 g/mol. The lowest BCUT2D eigenvalue weighted by Gasteiger charge is -2.33. The molecule has 2 heterocycles. The van der Waals surface area contributed by atoms with Gasteiger partial charge in [0.15, 0.2) is 0 Å². The maximum Gasteiger partial charge on any atom is 0.107 e. The first-order valence-corrected chi connectivity index (χ1v) is 7.22. The summed E-state index contributed by atoms with van der Waals surface area (Å²) < 4.78 is 0. The van der Waals surface area contributed by atoms with Crippen molar-refractivity contribution < 1.29 is 0 Å². The summed E-state index contributed by atoms with van der Waals surface area (Å²) in [6.07, 6.45) is 0. The number of hydrogen-bond acceptors (Lipinski definition) is 5. The quantitative estimate of drug-likeness (QED) is 0.849. The predicted octanol–water partition coefficient (Wildman–Crippen LogP) is 1.000. The Balaban J connectivity index is 1.80. The fourth-order valence-electron chi connectivity index (χ4n) is 2.14. The lowest BCUT2D eigenvalue weighted by atomic mass is 10.3. The molecule has 1 fully saturated rings. The van der Waals surface area contributed by atoms with Gasteiger partial charge in [-0.05, 0) is 13.6 Å². The molecule has 1 aromatic heterocycles. The number of aromatic nitrogens is 1. The van der Waals surface area contributed by atoms with Crippen molar-refractivity contribution >= 4 is 11.3 Å². The molecule has 2 rings (SSSR count). The van der Waals surface area contributed by atoms with Crippen molar-refractivity contribution in [2.75, 3.05) is 39.8 Å². The second kappa shape index (κ2) is 6.44. The number of likely N-dealkylation sites (N-methyl/N-ethyl adjacent to an activating group) is 1. The molecule has 17 heavy (non-hydrogen) atoms. The van der Waals surface area contributed by atoms with Crippen molar-refractivity contribution in [2.24, 2.45) is 0 Å². The van der Waals surface area contributed by atoms with E-state index in [1.54, 1.807) is 11.3 Å². The zero-order chi connectivity index (χ0) is 12.1. The fourth-order valence-corrected chi connectivity index (χ4v) is 2.97. The molecule has 0 aliphatic carbocycles. The normalized spacial score (nSPS) is 18.7. The van der Waals surface area contributed by atoms with Gasteiger partial charge in [0.1, 0.15) is 5.01 Å². The first-order chi connectivity index (χ1) is 8.31. The summed E-state index contributed by atoms with van der Waals surface area (Å²) >= 11 is 1.78. The van der Waals surface area contributed by atoms with Crippen LogP contribution in [0.25, 0.3) is 0 Å². The van der Waals surface area contributed by atoms with Crippen LogP contribution in [0.1, 0.15) is 17.6 Å². The van der Waals surface area contributed by atoms with Crippen LogP contribution in [0.15, 0.2) is 5.38 Å². The first kappa shape index (κ1) is 13.0. The Hall–Kier alpha value is -0.490. The van der Waals surface area contributed by atoms with E-state index in [1.165, 1.54) is 43.4 Å². The van der Waals surface area contributed by atoms with Crippen molar-refractivity contribution in [2.45, 2.75) is 20.0 Å². The van der Waals surface area contributed by atoms with Crippen LogP contribution in [-0.2, 0) is 13.1 Å². The monoisotopic (exact) mass is 254 g/mol. The summed E-state index contributed by atoms with van der Waals surface area (Å²) in [6, 6.07) is 0. The Morgan fingerprint density at radius 2 is 2.00 bits per heavy atom. The van der Waals surface area contributed by atoms with Crippen molar-refractivity contribution in [3.8, 4) is 0 Å². The van der Waals surface area contributed by atoms with E-state index >= 15 is 0 Å². The Morgan fingerprint density at radius 3 is 2.65 bits per heavy atom. The van der Waals surface area contributed by atoms with Gasteiger partial charge in [0.2, 0.25) is 0 Å². The molecule has 0 aromatic carbocycles. The van der Waals surface area contributed by atoms with Crippen LogP contribution in [0.4, 0.5) is 0 Å². The van der Waals surface area contributed by atoms with Crippen LogP contribution in [0.3, 0.4) is 0 Å². The number of nitrogens with zero attached hydrogens (tertiary/aromatic N) is 3. The summed E-state index contributed by atoms with van der Waals surface area (Å²) in [5.41, 5.74) is 1.17. The topological polar surface area (TPSA) is 31.4 Å². The zero-order valence-corrected chi connectivity index (χ0v) is 11.6. The number of hydrogen-bond donors (Lipinski definition) is 1. The molecule has 0 saturated carbocycles. The minimum Gasteiger partial charge on any atom is -0.314 e. The van der Waals surface area contributed by atoms with Crippen LogP contribution >= 0.6 is 11.3 Å². The van der Waals surface area contributed by atoms with Crippen molar-refractivity contribution in [1.82, 2.24) is 20.1 Å². The van der Waals surface area contributed by atoms with Gasteiger partial charge in [-0.25, -0.2) is 4.98 Å². The maximum absolute atomic E-state index is 4.63. The van der Waals surface area contributed by atoms with E-state index in [0.29, 0.717) is 0 Å². The molecule has 1 aliphatic rings. The van der Waals surface area contributed by atoms with Crippen LogP contribution < -0.4 is 5.32 Å². The number of rotatable bonds is 5. The van der Waals surface area contributed by atoms with Crippen molar-refractivity contribution in [3.05, 3.63) is 16.1 Å². The second-order valence-corrected chi connectivity index (χ2v) is 5.42. The summed E-state index contributed by atoms with van der Waals surface area (Å²) in [7, 11) is 1.96. The van der Waals surface area contributed by atoms with Crippen LogP contribution in [0.2, 0.25) is 0 Å². The molecule has 1 aromatic rings. The van der Waals surface area contributed by atoms with Crippen molar-refractivity contribution in [3.63, 3.8) is 0 Å². The van der Waals surface area contributed by atoms with E-state index in [-0.39, 0.29) is 0 Å². The lowest BCUT2D eigenvalue weighted by Crippen LogP contribution is -2.45. The number of nitrogens with one attached hydrogen (secondary N) is 1. The molecular formula is C12H22N4S. The molecule has 5 heteroatoms. The van der Waals surface area contributed by atoms with E-state index in [9.17, 15) is 0 Å². The smallest absolute Gasteiger partial charge is 0.107 e. The molecule has 0 atom stereocenters. The summed E-state index contributed by atoms with van der Waals surface area (Å²) in [6.45, 7) is 10.1. The highest BCUT2D eigenvalue weighted by atomic mass is 32.1. The molecule has 1 N–H and O–H groups in total. The standard InChI is InChI=1S/C12H22N4S/c1-3-15-4-6-16(7-5-15)9-12-14-11(8-13-2)10-17-12/h10,13H,3-9H2,1-2H3. The molecule has 0 amide bonds. The molecule has 1 aliphatic heterocycles.